The Bertz CT molecular complexity index is 556. The van der Waals surface area contributed by atoms with Gasteiger partial charge < -0.3 is 14.6 Å². The highest BCUT2D eigenvalue weighted by molar-refractivity contribution is 5.33. The molecular weight excluding hydrogens is 277 g/mol. The van der Waals surface area contributed by atoms with Crippen molar-refractivity contribution in [3.05, 3.63) is 42.1 Å². The van der Waals surface area contributed by atoms with Gasteiger partial charge in [-0.15, -0.1) is 23.4 Å². The molecule has 0 saturated heterocycles. The van der Waals surface area contributed by atoms with E-state index in [2.05, 4.69) is 14.9 Å². The lowest BCUT2D eigenvalue weighted by molar-refractivity contribution is -0.274. The third-order valence-electron chi connectivity index (χ3n) is 2.14. The summed E-state index contributed by atoms with van der Waals surface area (Å²) in [6.07, 6.45) is -4.73. The molecule has 1 aromatic carbocycles. The molecule has 0 bridgehead atoms. The maximum Gasteiger partial charge on any atom is 0.573 e. The first-order valence-electron chi connectivity index (χ1n) is 5.43. The van der Waals surface area contributed by atoms with E-state index in [1.165, 1.54) is 24.3 Å². The van der Waals surface area contributed by atoms with Crippen molar-refractivity contribution < 1.29 is 27.8 Å². The van der Waals surface area contributed by atoms with Crippen LogP contribution in [0.1, 0.15) is 5.69 Å². The molecule has 2 rings (SSSR count). The molecule has 1 aromatic heterocycles. The Hall–Kier alpha value is -2.35. The lowest BCUT2D eigenvalue weighted by Crippen LogP contribution is -2.16. The van der Waals surface area contributed by atoms with Crippen LogP contribution >= 0.6 is 0 Å². The van der Waals surface area contributed by atoms with Gasteiger partial charge in [0.25, 0.3) is 0 Å². The average Bonchev–Trinajstić information content (AvgIpc) is 2.40. The quantitative estimate of drug-likeness (QED) is 0.936. The summed E-state index contributed by atoms with van der Waals surface area (Å²) in [7, 11) is 0. The third-order valence-corrected chi connectivity index (χ3v) is 2.14. The van der Waals surface area contributed by atoms with Crippen molar-refractivity contribution in [3.8, 4) is 17.4 Å². The lowest BCUT2D eigenvalue weighted by atomic mass is 10.3. The van der Waals surface area contributed by atoms with Crippen molar-refractivity contribution >= 4 is 0 Å². The second kappa shape index (κ2) is 5.74. The molecule has 0 aliphatic rings. The number of halogens is 3. The Morgan fingerprint density at radius 2 is 1.60 bits per heavy atom. The van der Waals surface area contributed by atoms with Crippen molar-refractivity contribution in [2.24, 2.45) is 0 Å². The minimum atomic E-state index is -4.73. The predicted octanol–water partition coefficient (Wildman–Crippen LogP) is 2.66. The van der Waals surface area contributed by atoms with Gasteiger partial charge >= 0.3 is 6.36 Å². The van der Waals surface area contributed by atoms with Gasteiger partial charge in [-0.05, 0) is 30.3 Å². The van der Waals surface area contributed by atoms with E-state index in [9.17, 15) is 13.2 Å². The number of nitrogens with zero attached hydrogens (tertiary/aromatic N) is 2. The topological polar surface area (TPSA) is 64.5 Å². The summed E-state index contributed by atoms with van der Waals surface area (Å²) >= 11 is 0. The zero-order chi connectivity index (χ0) is 14.6. The van der Waals surface area contributed by atoms with Crippen LogP contribution in [0.3, 0.4) is 0 Å². The van der Waals surface area contributed by atoms with E-state index in [4.69, 9.17) is 9.84 Å². The maximum atomic E-state index is 12.0. The monoisotopic (exact) mass is 286 g/mol. The number of rotatable bonds is 4. The Morgan fingerprint density at radius 1 is 0.950 bits per heavy atom. The minimum Gasteiger partial charge on any atom is -0.438 e. The fourth-order valence-corrected chi connectivity index (χ4v) is 1.32. The maximum absolute atomic E-state index is 12.0. The molecule has 20 heavy (non-hydrogen) atoms. The van der Waals surface area contributed by atoms with Gasteiger partial charge in [0.1, 0.15) is 11.5 Å². The number of aromatic nitrogens is 2. The number of ether oxygens (including phenoxy) is 2. The van der Waals surface area contributed by atoms with E-state index >= 15 is 0 Å². The number of hydrogen-bond donors (Lipinski definition) is 1. The highest BCUT2D eigenvalue weighted by atomic mass is 19.4. The van der Waals surface area contributed by atoms with Crippen LogP contribution in [0.2, 0.25) is 0 Å². The van der Waals surface area contributed by atoms with Gasteiger partial charge in [0.2, 0.25) is 5.88 Å². The van der Waals surface area contributed by atoms with Crippen molar-refractivity contribution in [3.63, 3.8) is 0 Å². The van der Waals surface area contributed by atoms with E-state index in [-0.39, 0.29) is 24.0 Å². The fourth-order valence-electron chi connectivity index (χ4n) is 1.32. The summed E-state index contributed by atoms with van der Waals surface area (Å²) in [5, 5.41) is 16.1. The molecule has 0 amide bonds. The van der Waals surface area contributed by atoms with Crippen LogP contribution in [0.25, 0.3) is 0 Å². The van der Waals surface area contributed by atoms with Crippen LogP contribution in [0, 0.1) is 0 Å². The SMILES string of the molecule is OCc1ccc(Oc2ccc(OC(F)(F)F)cc2)nn1. The van der Waals surface area contributed by atoms with Crippen LogP contribution in [0.5, 0.6) is 17.4 Å². The van der Waals surface area contributed by atoms with Crippen molar-refractivity contribution in [2.75, 3.05) is 0 Å². The standard InChI is InChI=1S/C12H9F3N2O3/c13-12(14,15)20-10-4-2-9(3-5-10)19-11-6-1-8(7-18)16-17-11/h1-6,18H,7H2. The van der Waals surface area contributed by atoms with Crippen LogP contribution in [-0.2, 0) is 6.61 Å². The van der Waals surface area contributed by atoms with Crippen LogP contribution in [0.4, 0.5) is 13.2 Å². The molecule has 1 heterocycles. The summed E-state index contributed by atoms with van der Waals surface area (Å²) in [5.41, 5.74) is 0.381. The van der Waals surface area contributed by atoms with Crippen molar-refractivity contribution in [2.45, 2.75) is 13.0 Å². The Morgan fingerprint density at radius 3 is 2.10 bits per heavy atom. The molecule has 0 saturated carbocycles. The lowest BCUT2D eigenvalue weighted by Gasteiger charge is -2.09. The molecule has 0 atom stereocenters. The minimum absolute atomic E-state index is 0.159. The zero-order valence-corrected chi connectivity index (χ0v) is 9.96. The molecule has 106 valence electrons. The Kier molecular flexibility index (Phi) is 4.04. The summed E-state index contributed by atoms with van der Waals surface area (Å²) in [4.78, 5) is 0. The van der Waals surface area contributed by atoms with Gasteiger partial charge in [0.05, 0.1) is 12.3 Å². The second-order valence-corrected chi connectivity index (χ2v) is 3.64. The zero-order valence-electron chi connectivity index (χ0n) is 9.96. The molecule has 0 radical (unpaired) electrons. The molecule has 0 aliphatic heterocycles. The first kappa shape index (κ1) is 14.1. The normalized spacial score (nSPS) is 11.2. The molecule has 2 aromatic rings. The molecule has 0 fully saturated rings. The predicted molar refractivity (Wildman–Crippen MR) is 61.2 cm³/mol. The van der Waals surface area contributed by atoms with E-state index < -0.39 is 6.36 Å². The van der Waals surface area contributed by atoms with Gasteiger partial charge in [-0.1, -0.05) is 0 Å². The van der Waals surface area contributed by atoms with Gasteiger partial charge in [0.15, 0.2) is 0 Å². The van der Waals surface area contributed by atoms with Crippen LogP contribution < -0.4 is 9.47 Å². The van der Waals surface area contributed by atoms with Gasteiger partial charge in [-0.3, -0.25) is 0 Å². The highest BCUT2D eigenvalue weighted by Gasteiger charge is 2.30. The fraction of sp³-hybridized carbons (Fsp3) is 0.167. The first-order valence-corrected chi connectivity index (χ1v) is 5.43. The van der Waals surface area contributed by atoms with E-state index in [1.54, 1.807) is 0 Å². The van der Waals surface area contributed by atoms with Gasteiger partial charge in [0, 0.05) is 6.07 Å². The molecule has 0 spiro atoms. The average molecular weight is 286 g/mol. The van der Waals surface area contributed by atoms with Gasteiger partial charge in [-0.25, -0.2) is 0 Å². The first-order chi connectivity index (χ1) is 9.46. The largest absolute Gasteiger partial charge is 0.573 e. The molecule has 0 unspecified atom stereocenters. The Labute approximate surface area is 111 Å². The van der Waals surface area contributed by atoms with E-state index in [1.807, 2.05) is 0 Å². The number of aliphatic hydroxyl groups excluding tert-OH is 1. The third kappa shape index (κ3) is 4.09. The highest BCUT2D eigenvalue weighted by Crippen LogP contribution is 2.26. The molecule has 5 nitrogen and oxygen atoms in total. The number of aliphatic hydroxyl groups is 1. The summed E-state index contributed by atoms with van der Waals surface area (Å²) in [5.74, 6) is 0.101. The molecule has 8 heteroatoms. The molecular formula is C12H9F3N2O3. The number of benzene rings is 1. The molecule has 1 N–H and O–H groups in total. The second-order valence-electron chi connectivity index (χ2n) is 3.64. The van der Waals surface area contributed by atoms with Gasteiger partial charge in [-0.2, -0.15) is 0 Å². The van der Waals surface area contributed by atoms with Crippen LogP contribution in [0.15, 0.2) is 36.4 Å². The van der Waals surface area contributed by atoms with E-state index in [0.29, 0.717) is 5.69 Å². The van der Waals surface area contributed by atoms with Crippen molar-refractivity contribution in [1.82, 2.24) is 10.2 Å². The Balaban J connectivity index is 2.02. The summed E-state index contributed by atoms with van der Waals surface area (Å²) in [6.45, 7) is -0.239. The number of alkyl halides is 3. The van der Waals surface area contributed by atoms with Crippen LogP contribution in [-0.4, -0.2) is 21.7 Å². The summed E-state index contributed by atoms with van der Waals surface area (Å²) in [6, 6.07) is 7.87. The van der Waals surface area contributed by atoms with Crippen molar-refractivity contribution in [1.29, 1.82) is 0 Å². The summed E-state index contributed by atoms with van der Waals surface area (Å²) < 4.78 is 44.9. The number of hydrogen-bond acceptors (Lipinski definition) is 5. The molecule has 0 aliphatic carbocycles. The van der Waals surface area contributed by atoms with E-state index in [0.717, 1.165) is 12.1 Å². The smallest absolute Gasteiger partial charge is 0.438 e.